The quantitative estimate of drug-likeness (QED) is 0.182. The first-order valence-electron chi connectivity index (χ1n) is 21.4. The molecule has 4 aliphatic carbocycles. The average Bonchev–Trinajstić information content (AvgIpc) is 3.87. The molecule has 332 valence electrons. The van der Waals surface area contributed by atoms with E-state index in [0.29, 0.717) is 17.7 Å². The van der Waals surface area contributed by atoms with Crippen LogP contribution >= 0.6 is 11.8 Å². The zero-order chi connectivity index (χ0) is 45.0. The van der Waals surface area contributed by atoms with Gasteiger partial charge in [0.1, 0.15) is 18.7 Å². The number of aliphatic hydroxyl groups excluding tert-OH is 2. The number of aliphatic hydroxyl groups is 2. The minimum absolute atomic E-state index is 0.0140. The number of nitrogens with one attached hydrogen (secondary N) is 3. The van der Waals surface area contributed by atoms with Gasteiger partial charge in [-0.1, -0.05) is 55.5 Å². The lowest BCUT2D eigenvalue weighted by atomic mass is 9.46. The van der Waals surface area contributed by atoms with Crippen molar-refractivity contribution in [3.8, 4) is 0 Å². The van der Waals surface area contributed by atoms with E-state index in [0.717, 1.165) is 45.3 Å². The second-order valence-electron chi connectivity index (χ2n) is 18.0. The number of allylic oxidation sites excluding steroid dienone is 4. The molecule has 5 N–H and O–H groups in total. The molecule has 16 heteroatoms. The summed E-state index contributed by atoms with van der Waals surface area (Å²) in [6.07, 6.45) is 7.40. The van der Waals surface area contributed by atoms with Crippen LogP contribution in [0.15, 0.2) is 94.3 Å². The van der Waals surface area contributed by atoms with E-state index in [1.54, 1.807) is 30.4 Å². The standard InChI is InChI=1S/C47H52N4O11S/c1-25(48-38(56)17-19-51-39(57)14-15-40(51)58)42(59)49-26(2)43(60)50-29-6-5-7-32(21-29)63-31-11-8-27(9-12-31)44-61-37-22-34-33-13-10-28-20-30(53)16-18-45(28,3)41(33)35(54)23-46(34,4)47(37,62-44)36(55)24-52/h5-9,11-12,14-16,18,20-21,25-26,33-35,37,41,44,52,54H,10,13,17,19,22-24H2,1-4H3,(H,48,56)(H,49,59)(H,50,60)/t25-,26-,33-,34-,35-,37?,41+,44+,45-,46-,47+/m0/s1. The number of carbonyl (C=O) groups excluding carboxylic acids is 7. The predicted octanol–water partition coefficient (Wildman–Crippen LogP) is 3.70. The second-order valence-corrected chi connectivity index (χ2v) is 19.1. The second kappa shape index (κ2) is 17.0. The van der Waals surface area contributed by atoms with Crippen LogP contribution in [0.25, 0.3) is 0 Å². The number of ether oxygens (including phenoxy) is 2. The molecule has 0 aromatic heterocycles. The number of imide groups is 1. The van der Waals surface area contributed by atoms with Crippen LogP contribution in [0.2, 0.25) is 0 Å². The van der Waals surface area contributed by atoms with E-state index < -0.39 is 88.9 Å². The summed E-state index contributed by atoms with van der Waals surface area (Å²) in [6, 6.07) is 12.8. The number of hydrogen-bond donors (Lipinski definition) is 5. The van der Waals surface area contributed by atoms with E-state index in [1.807, 2.05) is 43.3 Å². The fraction of sp³-hybridized carbons (Fsp3) is 0.468. The molecule has 2 aliphatic heterocycles. The Kier molecular flexibility index (Phi) is 12.0. The number of nitrogens with zero attached hydrogens (tertiary/aromatic N) is 1. The van der Waals surface area contributed by atoms with Crippen molar-refractivity contribution in [3.63, 3.8) is 0 Å². The van der Waals surface area contributed by atoms with Crippen LogP contribution < -0.4 is 16.0 Å². The highest BCUT2D eigenvalue weighted by molar-refractivity contribution is 7.99. The van der Waals surface area contributed by atoms with Crippen LogP contribution in [-0.2, 0) is 43.0 Å². The lowest BCUT2D eigenvalue weighted by Gasteiger charge is -2.59. The normalized spacial score (nSPS) is 32.5. The van der Waals surface area contributed by atoms with Crippen LogP contribution in [0.3, 0.4) is 0 Å². The first-order chi connectivity index (χ1) is 30.0. The predicted molar refractivity (Wildman–Crippen MR) is 228 cm³/mol. The summed E-state index contributed by atoms with van der Waals surface area (Å²) in [6.45, 7) is 6.25. The maximum absolute atomic E-state index is 13.9. The number of anilines is 1. The van der Waals surface area contributed by atoms with Gasteiger partial charge < -0.3 is 35.6 Å². The fourth-order valence-corrected chi connectivity index (χ4v) is 12.1. The number of fused-ring (bicyclic) bond motifs is 7. The van der Waals surface area contributed by atoms with E-state index in [4.69, 9.17) is 9.47 Å². The van der Waals surface area contributed by atoms with Crippen LogP contribution in [0.1, 0.15) is 71.7 Å². The molecule has 0 radical (unpaired) electrons. The van der Waals surface area contributed by atoms with Crippen molar-refractivity contribution >= 4 is 58.6 Å². The van der Waals surface area contributed by atoms with Crippen molar-refractivity contribution in [2.75, 3.05) is 18.5 Å². The van der Waals surface area contributed by atoms with Crippen molar-refractivity contribution in [1.82, 2.24) is 15.5 Å². The number of Topliss-reactive ketones (excluding diaryl/α,β-unsaturated/α-hetero) is 1. The topological polar surface area (TPSA) is 218 Å². The minimum atomic E-state index is -1.45. The summed E-state index contributed by atoms with van der Waals surface area (Å²) in [7, 11) is 0. The van der Waals surface area contributed by atoms with Gasteiger partial charge in [-0.2, -0.15) is 0 Å². The Morgan fingerprint density at radius 1 is 0.937 bits per heavy atom. The van der Waals surface area contributed by atoms with Gasteiger partial charge in [0, 0.05) is 62.9 Å². The van der Waals surface area contributed by atoms with Gasteiger partial charge in [-0.3, -0.25) is 38.5 Å². The van der Waals surface area contributed by atoms with E-state index >= 15 is 0 Å². The van der Waals surface area contributed by atoms with Crippen LogP contribution in [0.4, 0.5) is 5.69 Å². The largest absolute Gasteiger partial charge is 0.393 e. The van der Waals surface area contributed by atoms with Gasteiger partial charge in [-0.05, 0) is 93.9 Å². The molecule has 15 nitrogen and oxygen atoms in total. The molecule has 63 heavy (non-hydrogen) atoms. The first-order valence-corrected chi connectivity index (χ1v) is 22.2. The number of ketones is 2. The maximum Gasteiger partial charge on any atom is 0.253 e. The van der Waals surface area contributed by atoms with Gasteiger partial charge in [0.25, 0.3) is 11.8 Å². The molecule has 0 bridgehead atoms. The summed E-state index contributed by atoms with van der Waals surface area (Å²) >= 11 is 1.45. The minimum Gasteiger partial charge on any atom is -0.393 e. The molecule has 8 rings (SSSR count). The van der Waals surface area contributed by atoms with Gasteiger partial charge in [0.05, 0.1) is 12.2 Å². The Hall–Kier alpha value is -5.26. The average molecular weight is 881 g/mol. The van der Waals surface area contributed by atoms with Gasteiger partial charge >= 0.3 is 0 Å². The molecule has 2 aromatic carbocycles. The van der Waals surface area contributed by atoms with Crippen molar-refractivity contribution in [2.24, 2.45) is 28.6 Å². The monoisotopic (exact) mass is 880 g/mol. The summed E-state index contributed by atoms with van der Waals surface area (Å²) in [5.41, 5.74) is -0.492. The molecular weight excluding hydrogens is 829 g/mol. The molecule has 11 atom stereocenters. The Labute approximate surface area is 369 Å². The molecule has 3 saturated carbocycles. The SMILES string of the molecule is C[C@H](NC(=O)CCN1C(=O)C=CC1=O)C(=O)N[C@@H](C)C(=O)Nc1cccc(Sc2ccc([C@@H]3OC4C[C@H]5[C@@H]6CCC7=CC(=O)C=C[C@]7(C)[C@H]6[C@@H](O)C[C@]5(C)[C@]4(C(=O)CO)O3)cc2)c1. The molecule has 0 spiro atoms. The first kappa shape index (κ1) is 44.4. The van der Waals surface area contributed by atoms with E-state index in [2.05, 4.69) is 22.9 Å². The molecule has 2 heterocycles. The van der Waals surface area contributed by atoms with E-state index in [-0.39, 0.29) is 42.9 Å². The summed E-state index contributed by atoms with van der Waals surface area (Å²) < 4.78 is 13.4. The summed E-state index contributed by atoms with van der Waals surface area (Å²) in [5, 5.41) is 30.2. The molecular formula is C47H52N4O11S. The lowest BCUT2D eigenvalue weighted by Crippen LogP contribution is -2.63. The number of benzene rings is 2. The number of hydrogen-bond acceptors (Lipinski definition) is 12. The molecule has 1 unspecified atom stereocenters. The summed E-state index contributed by atoms with van der Waals surface area (Å²) in [5.74, 6) is -3.19. The molecule has 2 aromatic rings. The van der Waals surface area contributed by atoms with Crippen molar-refractivity contribution in [3.05, 3.63) is 90.0 Å². The third-order valence-electron chi connectivity index (χ3n) is 14.3. The third kappa shape index (κ3) is 7.90. The Morgan fingerprint density at radius 3 is 2.37 bits per heavy atom. The van der Waals surface area contributed by atoms with Gasteiger partial charge in [-0.25, -0.2) is 0 Å². The van der Waals surface area contributed by atoms with Crippen molar-refractivity contribution < 1.29 is 53.2 Å². The van der Waals surface area contributed by atoms with Gasteiger partial charge in [0.15, 0.2) is 23.5 Å². The van der Waals surface area contributed by atoms with Crippen molar-refractivity contribution in [2.45, 2.75) is 106 Å². The Balaban J connectivity index is 0.869. The highest BCUT2D eigenvalue weighted by Gasteiger charge is 2.76. The smallest absolute Gasteiger partial charge is 0.253 e. The maximum atomic E-state index is 13.9. The van der Waals surface area contributed by atoms with Gasteiger partial charge in [-0.15, -0.1) is 0 Å². The number of amides is 5. The van der Waals surface area contributed by atoms with Crippen molar-refractivity contribution in [1.29, 1.82) is 0 Å². The van der Waals surface area contributed by atoms with Crippen LogP contribution in [-0.4, -0.2) is 99.3 Å². The molecule has 4 fully saturated rings. The molecule has 5 amide bonds. The third-order valence-corrected chi connectivity index (χ3v) is 15.3. The zero-order valence-corrected chi connectivity index (χ0v) is 36.3. The van der Waals surface area contributed by atoms with Gasteiger partial charge in [0.2, 0.25) is 17.7 Å². The van der Waals surface area contributed by atoms with Crippen LogP contribution in [0.5, 0.6) is 0 Å². The van der Waals surface area contributed by atoms with E-state index in [9.17, 15) is 43.8 Å². The number of carbonyl (C=O) groups is 7. The Morgan fingerprint density at radius 2 is 1.65 bits per heavy atom. The highest BCUT2D eigenvalue weighted by atomic mass is 32.2. The Bertz CT molecular complexity index is 2330. The fourth-order valence-electron chi connectivity index (χ4n) is 11.2. The van der Waals surface area contributed by atoms with Crippen LogP contribution in [0, 0.1) is 28.6 Å². The summed E-state index contributed by atoms with van der Waals surface area (Å²) in [4.78, 5) is 90.5. The highest BCUT2D eigenvalue weighted by Crippen LogP contribution is 2.70. The molecule has 6 aliphatic rings. The number of rotatable bonds is 13. The lowest BCUT2D eigenvalue weighted by molar-refractivity contribution is -0.201. The zero-order valence-electron chi connectivity index (χ0n) is 35.5. The molecule has 1 saturated heterocycles. The van der Waals surface area contributed by atoms with E-state index in [1.165, 1.54) is 25.6 Å².